The third-order valence-electron chi connectivity index (χ3n) is 8.62. The Morgan fingerprint density at radius 1 is 1.10 bits per heavy atom. The number of nitrogen functional groups attached to an aromatic ring is 1. The van der Waals surface area contributed by atoms with E-state index in [9.17, 15) is 14.4 Å². The lowest BCUT2D eigenvalue weighted by Crippen LogP contribution is -2.53. The highest BCUT2D eigenvalue weighted by Crippen LogP contribution is 2.50. The fraction of sp³-hybridized carbons (Fsp3) is 0.379. The van der Waals surface area contributed by atoms with Gasteiger partial charge in [0.25, 0.3) is 5.91 Å². The monoisotopic (exact) mass is 544 g/mol. The van der Waals surface area contributed by atoms with E-state index in [4.69, 9.17) is 17.2 Å². The van der Waals surface area contributed by atoms with Gasteiger partial charge in [-0.2, -0.15) is 0 Å². The number of Topliss-reactive ketones (excluding diaryl/α,β-unsaturated/α-hetero) is 1. The Labute approximate surface area is 230 Å². The van der Waals surface area contributed by atoms with E-state index in [1.165, 1.54) is 17.4 Å². The number of hydrogen-bond acceptors (Lipinski definition) is 8. The number of pyridine rings is 1. The lowest BCUT2D eigenvalue weighted by molar-refractivity contribution is -0.124. The zero-order valence-electron chi connectivity index (χ0n) is 21.5. The number of carbonyl (C=O) groups is 3. The molecule has 2 heterocycles. The summed E-state index contributed by atoms with van der Waals surface area (Å²) >= 11 is 1.22. The number of thiophene rings is 1. The molecule has 3 aliphatic carbocycles. The van der Waals surface area contributed by atoms with Gasteiger partial charge in [0.05, 0.1) is 15.6 Å². The fourth-order valence-corrected chi connectivity index (χ4v) is 7.45. The topological polar surface area (TPSA) is 166 Å². The van der Waals surface area contributed by atoms with Crippen LogP contribution in [0.3, 0.4) is 0 Å². The number of anilines is 1. The quantitative estimate of drug-likeness (QED) is 0.235. The summed E-state index contributed by atoms with van der Waals surface area (Å²) in [6.07, 6.45) is 8.58. The zero-order chi connectivity index (χ0) is 27.5. The van der Waals surface area contributed by atoms with E-state index in [1.807, 2.05) is 6.07 Å². The first-order valence-electron chi connectivity index (χ1n) is 13.4. The highest BCUT2D eigenvalue weighted by Gasteiger charge is 2.49. The molecule has 2 aromatic heterocycles. The predicted molar refractivity (Wildman–Crippen MR) is 151 cm³/mol. The van der Waals surface area contributed by atoms with Crippen LogP contribution in [0.15, 0.2) is 43.1 Å². The third kappa shape index (κ3) is 3.97. The van der Waals surface area contributed by atoms with Gasteiger partial charge in [-0.3, -0.25) is 19.4 Å². The molecule has 0 spiro atoms. The second kappa shape index (κ2) is 9.55. The molecule has 4 atom stereocenters. The number of aromatic nitrogens is 1. The minimum absolute atomic E-state index is 0.200. The van der Waals surface area contributed by atoms with Crippen molar-refractivity contribution in [2.45, 2.75) is 68.1 Å². The smallest absolute Gasteiger partial charge is 0.262 e. The van der Waals surface area contributed by atoms with Gasteiger partial charge in [-0.15, -0.1) is 11.3 Å². The summed E-state index contributed by atoms with van der Waals surface area (Å²) in [5, 5.41) is 6.64. The maximum Gasteiger partial charge on any atom is 0.262 e. The number of ketones is 1. The number of nitrogens with zero attached hydrogens (tertiary/aromatic N) is 1. The van der Waals surface area contributed by atoms with Gasteiger partial charge in [-0.25, -0.2) is 0 Å². The van der Waals surface area contributed by atoms with Crippen LogP contribution in [0.5, 0.6) is 0 Å². The molecule has 1 aromatic carbocycles. The van der Waals surface area contributed by atoms with E-state index in [2.05, 4.69) is 22.2 Å². The van der Waals surface area contributed by atoms with Gasteiger partial charge in [0.2, 0.25) is 5.91 Å². The van der Waals surface area contributed by atoms with Crippen molar-refractivity contribution in [1.82, 2.24) is 15.6 Å². The summed E-state index contributed by atoms with van der Waals surface area (Å²) in [6, 6.07) is 5.66. The van der Waals surface area contributed by atoms with E-state index in [1.54, 1.807) is 24.4 Å². The highest BCUT2D eigenvalue weighted by atomic mass is 32.1. The van der Waals surface area contributed by atoms with Crippen LogP contribution in [0.1, 0.15) is 82.5 Å². The number of nitrogens with two attached hydrogens (primary N) is 3. The van der Waals surface area contributed by atoms with Crippen molar-refractivity contribution < 1.29 is 14.4 Å². The molecule has 10 heteroatoms. The number of benzene rings is 1. The number of rotatable bonds is 6. The van der Waals surface area contributed by atoms with Crippen LogP contribution in [0.25, 0.3) is 10.1 Å². The molecule has 6 rings (SSSR count). The van der Waals surface area contributed by atoms with Crippen molar-refractivity contribution in [2.75, 3.05) is 5.73 Å². The SMILES string of the molecule is C=CC(=O)N[C@@H]1CCC[C@H]1NC(=O)c1sc2c(N)ccc3c2c1C(N)C(=O)C3(N)c1ccnc(C2CCC2)c1. The average Bonchev–Trinajstić information content (AvgIpc) is 3.51. The number of nitrogens with one attached hydrogen (secondary N) is 2. The van der Waals surface area contributed by atoms with Crippen molar-refractivity contribution >= 4 is 44.7 Å². The largest absolute Gasteiger partial charge is 0.398 e. The maximum absolute atomic E-state index is 14.0. The van der Waals surface area contributed by atoms with Crippen molar-refractivity contribution in [3.8, 4) is 0 Å². The Morgan fingerprint density at radius 2 is 1.82 bits per heavy atom. The van der Waals surface area contributed by atoms with Crippen LogP contribution in [0, 0.1) is 0 Å². The Kier molecular flexibility index (Phi) is 6.28. The molecular formula is C29H32N6O3S. The Balaban J connectivity index is 1.43. The maximum atomic E-state index is 14.0. The van der Waals surface area contributed by atoms with Crippen molar-refractivity contribution in [3.05, 3.63) is 70.4 Å². The molecule has 0 radical (unpaired) electrons. The first-order valence-corrected chi connectivity index (χ1v) is 14.2. The molecule has 0 bridgehead atoms. The molecule has 8 N–H and O–H groups in total. The second-order valence-corrected chi connectivity index (χ2v) is 11.8. The Morgan fingerprint density at radius 3 is 2.51 bits per heavy atom. The summed E-state index contributed by atoms with van der Waals surface area (Å²) in [5.74, 6) is -0.629. The van der Waals surface area contributed by atoms with E-state index < -0.39 is 11.6 Å². The van der Waals surface area contributed by atoms with Gasteiger partial charge in [-0.1, -0.05) is 19.1 Å². The molecular weight excluding hydrogens is 512 g/mol. The van der Waals surface area contributed by atoms with Crippen LogP contribution >= 0.6 is 11.3 Å². The fourth-order valence-electron chi connectivity index (χ4n) is 6.25. The van der Waals surface area contributed by atoms with E-state index in [0.717, 1.165) is 44.2 Å². The van der Waals surface area contributed by atoms with Crippen LogP contribution in [0.2, 0.25) is 0 Å². The molecule has 9 nitrogen and oxygen atoms in total. The first kappa shape index (κ1) is 25.7. The molecule has 3 aromatic rings. The minimum Gasteiger partial charge on any atom is -0.398 e. The number of amides is 2. The van der Waals surface area contributed by atoms with Crippen LogP contribution < -0.4 is 27.8 Å². The van der Waals surface area contributed by atoms with Crippen molar-refractivity contribution in [3.63, 3.8) is 0 Å². The summed E-state index contributed by atoms with van der Waals surface area (Å²) < 4.78 is 0.682. The van der Waals surface area contributed by atoms with Crippen molar-refractivity contribution in [2.24, 2.45) is 11.5 Å². The average molecular weight is 545 g/mol. The molecule has 39 heavy (non-hydrogen) atoms. The van der Waals surface area contributed by atoms with Gasteiger partial charge in [-0.05, 0) is 67.5 Å². The van der Waals surface area contributed by atoms with Gasteiger partial charge in [0.15, 0.2) is 5.78 Å². The van der Waals surface area contributed by atoms with E-state index >= 15 is 0 Å². The Bertz CT molecular complexity index is 1530. The highest BCUT2D eigenvalue weighted by molar-refractivity contribution is 7.21. The van der Waals surface area contributed by atoms with Gasteiger partial charge in [0, 0.05) is 46.5 Å². The normalized spacial score (nSPS) is 26.3. The molecule has 0 aliphatic heterocycles. The number of hydrogen-bond donors (Lipinski definition) is 5. The first-order chi connectivity index (χ1) is 18.7. The number of carbonyl (C=O) groups excluding carboxylic acids is 3. The van der Waals surface area contributed by atoms with Crippen LogP contribution in [0.4, 0.5) is 5.69 Å². The van der Waals surface area contributed by atoms with Crippen LogP contribution in [-0.4, -0.2) is 34.7 Å². The zero-order valence-corrected chi connectivity index (χ0v) is 22.4. The Hall–Kier alpha value is -3.60. The second-order valence-electron chi connectivity index (χ2n) is 10.8. The van der Waals surface area contributed by atoms with Crippen molar-refractivity contribution in [1.29, 1.82) is 0 Å². The van der Waals surface area contributed by atoms with Gasteiger partial charge in [0.1, 0.15) is 5.54 Å². The van der Waals surface area contributed by atoms with Crippen LogP contribution in [-0.2, 0) is 15.1 Å². The van der Waals surface area contributed by atoms with Gasteiger partial charge < -0.3 is 27.8 Å². The summed E-state index contributed by atoms with van der Waals surface area (Å²) in [6.45, 7) is 3.51. The standard InChI is InChI=1S/C29H32N6O3S/c1-2-21(36)34-18-7-4-8-19(18)35-28(38)26-23-22-16(9-10-17(30)25(22)39-26)29(32,27(37)24(23)31)15-11-12-33-20(13-15)14-5-3-6-14/h2,9-14,18-19,24H,1,3-8,30-32H2,(H,34,36)(H,35,38)/t18-,19-,24?,29?/m1/s1. The molecule has 3 aliphatic rings. The third-order valence-corrected chi connectivity index (χ3v) is 9.88. The predicted octanol–water partition coefficient (Wildman–Crippen LogP) is 2.88. The lowest BCUT2D eigenvalue weighted by Gasteiger charge is -2.37. The molecule has 202 valence electrons. The molecule has 0 saturated heterocycles. The lowest BCUT2D eigenvalue weighted by atomic mass is 9.70. The van der Waals surface area contributed by atoms with Gasteiger partial charge >= 0.3 is 0 Å². The minimum atomic E-state index is -1.50. The molecule has 2 fully saturated rings. The summed E-state index contributed by atoms with van der Waals surface area (Å²) in [7, 11) is 0. The molecule has 2 unspecified atom stereocenters. The van der Waals surface area contributed by atoms with E-state index in [-0.39, 0.29) is 29.7 Å². The summed E-state index contributed by atoms with van der Waals surface area (Å²) in [5.41, 5.74) is 21.6. The summed E-state index contributed by atoms with van der Waals surface area (Å²) in [4.78, 5) is 44.5. The molecule has 2 amide bonds. The molecule has 2 saturated carbocycles. The van der Waals surface area contributed by atoms with E-state index in [0.29, 0.717) is 43.3 Å².